The Morgan fingerprint density at radius 3 is 2.61 bits per heavy atom. The van der Waals surface area contributed by atoms with Crippen LogP contribution >= 0.6 is 11.8 Å². The zero-order chi connectivity index (χ0) is 21.8. The number of sulfonamides is 1. The first-order chi connectivity index (χ1) is 15.0. The molecule has 1 heterocycles. The molecule has 1 amide bonds. The van der Waals surface area contributed by atoms with Gasteiger partial charge in [-0.1, -0.05) is 30.3 Å². The molecule has 31 heavy (non-hydrogen) atoms. The number of carbonyl (C=O) groups is 1. The lowest BCUT2D eigenvalue weighted by molar-refractivity contribution is -0.117. The summed E-state index contributed by atoms with van der Waals surface area (Å²) in [5.74, 6) is 1.33. The number of thioether (sulfide) groups is 1. The second-order valence-electron chi connectivity index (χ2n) is 7.02. The molecular formula is C22H22N2O5S2. The van der Waals surface area contributed by atoms with Crippen LogP contribution in [0.2, 0.25) is 0 Å². The van der Waals surface area contributed by atoms with Crippen LogP contribution in [0.5, 0.6) is 11.5 Å². The predicted octanol–water partition coefficient (Wildman–Crippen LogP) is 3.61. The quantitative estimate of drug-likeness (QED) is 0.536. The summed E-state index contributed by atoms with van der Waals surface area (Å²) < 4.78 is 39.2. The molecule has 0 radical (unpaired) electrons. The average molecular weight is 459 g/mol. The number of anilines is 1. The van der Waals surface area contributed by atoms with Crippen molar-refractivity contribution in [2.24, 2.45) is 0 Å². The van der Waals surface area contributed by atoms with Crippen LogP contribution in [0.15, 0.2) is 65.6 Å². The van der Waals surface area contributed by atoms with Crippen molar-refractivity contribution in [3.8, 4) is 11.5 Å². The van der Waals surface area contributed by atoms with E-state index >= 15 is 0 Å². The standard InChI is InChI=1S/C22H22N2O5S2/c1-30-11-10-19(22(25)23-17-7-9-20-21(13-17)29-14-28-20)24-31(26,27)18-8-6-15-4-2-3-5-16(15)12-18/h2-9,12-13,19,24H,10-11,14H2,1H3,(H,23,25). The van der Waals surface area contributed by atoms with Crippen LogP contribution in [0.1, 0.15) is 6.42 Å². The minimum Gasteiger partial charge on any atom is -0.454 e. The van der Waals surface area contributed by atoms with Crippen molar-refractivity contribution in [3.63, 3.8) is 0 Å². The van der Waals surface area contributed by atoms with Crippen molar-refractivity contribution >= 4 is 44.2 Å². The van der Waals surface area contributed by atoms with Crippen LogP contribution in [-0.2, 0) is 14.8 Å². The summed E-state index contributed by atoms with van der Waals surface area (Å²) in [5.41, 5.74) is 0.508. The Labute approximate surface area is 185 Å². The van der Waals surface area contributed by atoms with E-state index in [-0.39, 0.29) is 11.7 Å². The number of nitrogens with one attached hydrogen (secondary N) is 2. The number of hydrogen-bond donors (Lipinski definition) is 2. The van der Waals surface area contributed by atoms with Gasteiger partial charge < -0.3 is 14.8 Å². The number of benzene rings is 3. The first kappa shape index (κ1) is 21.5. The van der Waals surface area contributed by atoms with Crippen molar-refractivity contribution in [1.29, 1.82) is 0 Å². The molecule has 0 aliphatic carbocycles. The fraction of sp³-hybridized carbons (Fsp3) is 0.227. The number of carbonyl (C=O) groups excluding carboxylic acids is 1. The van der Waals surface area contributed by atoms with E-state index in [1.165, 1.54) is 0 Å². The molecule has 1 unspecified atom stereocenters. The zero-order valence-corrected chi connectivity index (χ0v) is 18.5. The molecule has 3 aromatic rings. The Kier molecular flexibility index (Phi) is 6.35. The van der Waals surface area contributed by atoms with Crippen molar-refractivity contribution in [2.75, 3.05) is 24.1 Å². The molecule has 7 nitrogen and oxygen atoms in total. The maximum atomic E-state index is 13.0. The molecule has 162 valence electrons. The van der Waals surface area contributed by atoms with E-state index in [4.69, 9.17) is 9.47 Å². The number of amides is 1. The molecule has 9 heteroatoms. The maximum Gasteiger partial charge on any atom is 0.242 e. The van der Waals surface area contributed by atoms with E-state index < -0.39 is 22.0 Å². The van der Waals surface area contributed by atoms with Crippen LogP contribution in [-0.4, -0.2) is 39.2 Å². The first-order valence-corrected chi connectivity index (χ1v) is 12.5. The number of fused-ring (bicyclic) bond motifs is 2. The summed E-state index contributed by atoms with van der Waals surface area (Å²) >= 11 is 1.54. The molecule has 0 saturated carbocycles. The molecule has 1 aliphatic rings. The minimum absolute atomic E-state index is 0.122. The highest BCUT2D eigenvalue weighted by atomic mass is 32.2. The lowest BCUT2D eigenvalue weighted by Gasteiger charge is -2.18. The van der Waals surface area contributed by atoms with Crippen molar-refractivity contribution in [1.82, 2.24) is 4.72 Å². The Bertz CT molecular complexity index is 1210. The van der Waals surface area contributed by atoms with E-state index in [0.717, 1.165) is 10.8 Å². The molecule has 3 aromatic carbocycles. The maximum absolute atomic E-state index is 13.0. The summed E-state index contributed by atoms with van der Waals surface area (Å²) in [6.07, 6.45) is 2.26. The third-order valence-corrected chi connectivity index (χ3v) is 7.01. The van der Waals surface area contributed by atoms with Crippen molar-refractivity contribution in [2.45, 2.75) is 17.4 Å². The number of ether oxygens (including phenoxy) is 2. The molecule has 0 spiro atoms. The first-order valence-electron chi connectivity index (χ1n) is 9.67. The lowest BCUT2D eigenvalue weighted by Crippen LogP contribution is -2.44. The molecule has 0 bridgehead atoms. The van der Waals surface area contributed by atoms with Crippen LogP contribution in [0.4, 0.5) is 5.69 Å². The van der Waals surface area contributed by atoms with Gasteiger partial charge in [0.2, 0.25) is 22.7 Å². The van der Waals surface area contributed by atoms with E-state index in [1.807, 2.05) is 30.5 Å². The van der Waals surface area contributed by atoms with Gasteiger partial charge in [0.05, 0.1) is 4.90 Å². The largest absolute Gasteiger partial charge is 0.454 e. The fourth-order valence-corrected chi connectivity index (χ4v) is 5.01. The Hall–Kier alpha value is -2.75. The molecule has 0 saturated heterocycles. The minimum atomic E-state index is -3.89. The number of hydrogen-bond acceptors (Lipinski definition) is 6. The molecule has 1 atom stereocenters. The van der Waals surface area contributed by atoms with Crippen LogP contribution in [0, 0.1) is 0 Å². The second kappa shape index (κ2) is 9.17. The molecular weight excluding hydrogens is 436 g/mol. The fourth-order valence-electron chi connectivity index (χ4n) is 3.27. The van der Waals surface area contributed by atoms with Gasteiger partial charge in [0.25, 0.3) is 0 Å². The smallest absolute Gasteiger partial charge is 0.242 e. The van der Waals surface area contributed by atoms with Gasteiger partial charge in [-0.3, -0.25) is 4.79 Å². The average Bonchev–Trinajstić information content (AvgIpc) is 3.24. The number of rotatable bonds is 8. The van der Waals surface area contributed by atoms with Crippen LogP contribution in [0.25, 0.3) is 10.8 Å². The summed E-state index contributed by atoms with van der Waals surface area (Å²) in [5, 5.41) is 4.53. The third-order valence-electron chi connectivity index (χ3n) is 4.90. The van der Waals surface area contributed by atoms with Crippen molar-refractivity contribution in [3.05, 3.63) is 60.7 Å². The monoisotopic (exact) mass is 458 g/mol. The van der Waals surface area contributed by atoms with Gasteiger partial charge in [0, 0.05) is 11.8 Å². The summed E-state index contributed by atoms with van der Waals surface area (Å²) in [7, 11) is -3.89. The van der Waals surface area contributed by atoms with Gasteiger partial charge in [-0.15, -0.1) is 0 Å². The molecule has 0 aromatic heterocycles. The van der Waals surface area contributed by atoms with E-state index in [0.29, 0.717) is 29.4 Å². The highest BCUT2D eigenvalue weighted by Gasteiger charge is 2.26. The summed E-state index contributed by atoms with van der Waals surface area (Å²) in [6, 6.07) is 16.6. The summed E-state index contributed by atoms with van der Waals surface area (Å²) in [4.78, 5) is 13.0. The topological polar surface area (TPSA) is 93.7 Å². The van der Waals surface area contributed by atoms with Crippen molar-refractivity contribution < 1.29 is 22.7 Å². The summed E-state index contributed by atoms with van der Waals surface area (Å²) in [6.45, 7) is 0.134. The normalized spacial score (nSPS) is 13.8. The predicted molar refractivity (Wildman–Crippen MR) is 122 cm³/mol. The van der Waals surface area contributed by atoms with Gasteiger partial charge in [0.15, 0.2) is 11.5 Å². The SMILES string of the molecule is CSCCC(NS(=O)(=O)c1ccc2ccccc2c1)C(=O)Nc1ccc2c(c1)OCO2. The van der Waals surface area contributed by atoms with E-state index in [2.05, 4.69) is 10.0 Å². The molecule has 2 N–H and O–H groups in total. The molecule has 1 aliphatic heterocycles. The van der Waals surface area contributed by atoms with E-state index in [1.54, 1.807) is 48.2 Å². The molecule has 0 fully saturated rings. The van der Waals surface area contributed by atoms with Gasteiger partial charge >= 0.3 is 0 Å². The zero-order valence-electron chi connectivity index (χ0n) is 16.8. The van der Waals surface area contributed by atoms with Gasteiger partial charge in [-0.05, 0) is 53.5 Å². The van der Waals surface area contributed by atoms with Gasteiger partial charge in [0.1, 0.15) is 6.04 Å². The highest BCUT2D eigenvalue weighted by molar-refractivity contribution is 7.98. The molecule has 4 rings (SSSR count). The van der Waals surface area contributed by atoms with Crippen LogP contribution in [0.3, 0.4) is 0 Å². The van der Waals surface area contributed by atoms with E-state index in [9.17, 15) is 13.2 Å². The Morgan fingerprint density at radius 2 is 1.81 bits per heavy atom. The Morgan fingerprint density at radius 1 is 1.03 bits per heavy atom. The van der Waals surface area contributed by atoms with Gasteiger partial charge in [-0.2, -0.15) is 16.5 Å². The van der Waals surface area contributed by atoms with Crippen LogP contribution < -0.4 is 19.5 Å². The highest BCUT2D eigenvalue weighted by Crippen LogP contribution is 2.34. The third kappa shape index (κ3) is 4.95. The second-order valence-corrected chi connectivity index (χ2v) is 9.72. The van der Waals surface area contributed by atoms with Gasteiger partial charge in [-0.25, -0.2) is 8.42 Å². The lowest BCUT2D eigenvalue weighted by atomic mass is 10.1. The Balaban J connectivity index is 1.54.